The zero-order chi connectivity index (χ0) is 14.8. The summed E-state index contributed by atoms with van der Waals surface area (Å²) < 4.78 is 0.914. The van der Waals surface area contributed by atoms with Crippen molar-refractivity contribution < 1.29 is 4.79 Å². The fourth-order valence-electron chi connectivity index (χ4n) is 1.82. The van der Waals surface area contributed by atoms with E-state index in [1.165, 1.54) is 11.3 Å². The number of hydrogen-bond donors (Lipinski definition) is 1. The van der Waals surface area contributed by atoms with E-state index in [-0.39, 0.29) is 5.91 Å². The predicted octanol–water partition coefficient (Wildman–Crippen LogP) is 4.07. The van der Waals surface area contributed by atoms with Crippen molar-refractivity contribution in [1.29, 1.82) is 5.26 Å². The van der Waals surface area contributed by atoms with Gasteiger partial charge in [0.2, 0.25) is 0 Å². The summed E-state index contributed by atoms with van der Waals surface area (Å²) in [5.41, 5.74) is 1.78. The summed E-state index contributed by atoms with van der Waals surface area (Å²) in [5, 5.41) is 12.6. The van der Waals surface area contributed by atoms with Gasteiger partial charge in [-0.05, 0) is 42.5 Å². The van der Waals surface area contributed by atoms with Gasteiger partial charge in [-0.3, -0.25) is 10.1 Å². The topological polar surface area (TPSA) is 65.8 Å². The number of benzene rings is 2. The number of nitriles is 1. The molecule has 0 spiro atoms. The lowest BCUT2D eigenvalue weighted by Crippen LogP contribution is -2.11. The Balaban J connectivity index is 1.83. The fraction of sp³-hybridized carbons (Fsp3) is 0. The Morgan fingerprint density at radius 1 is 1.24 bits per heavy atom. The summed E-state index contributed by atoms with van der Waals surface area (Å²) in [4.78, 5) is 16.4. The van der Waals surface area contributed by atoms with Crippen LogP contribution in [0.4, 0.5) is 5.13 Å². The summed E-state index contributed by atoms with van der Waals surface area (Å²) in [6, 6.07) is 13.8. The summed E-state index contributed by atoms with van der Waals surface area (Å²) in [5.74, 6) is -0.260. The van der Waals surface area contributed by atoms with Crippen LogP contribution in [0.3, 0.4) is 0 Å². The van der Waals surface area contributed by atoms with E-state index in [4.69, 9.17) is 16.9 Å². The van der Waals surface area contributed by atoms with E-state index < -0.39 is 0 Å². The number of carbonyl (C=O) groups is 1. The fourth-order valence-corrected chi connectivity index (χ4v) is 2.95. The third kappa shape index (κ3) is 2.87. The highest BCUT2D eigenvalue weighted by Gasteiger charge is 2.10. The number of anilines is 1. The molecule has 21 heavy (non-hydrogen) atoms. The van der Waals surface area contributed by atoms with Gasteiger partial charge in [0.1, 0.15) is 0 Å². The molecule has 0 fully saturated rings. The molecule has 102 valence electrons. The first-order valence-electron chi connectivity index (χ1n) is 6.03. The first-order valence-corrected chi connectivity index (χ1v) is 7.23. The smallest absolute Gasteiger partial charge is 0.257 e. The molecule has 3 aromatic rings. The zero-order valence-corrected chi connectivity index (χ0v) is 12.2. The van der Waals surface area contributed by atoms with Crippen LogP contribution in [-0.4, -0.2) is 10.9 Å². The highest BCUT2D eigenvalue weighted by atomic mass is 35.5. The molecule has 1 N–H and O–H groups in total. The van der Waals surface area contributed by atoms with Gasteiger partial charge in [-0.1, -0.05) is 22.9 Å². The summed E-state index contributed by atoms with van der Waals surface area (Å²) in [7, 11) is 0. The Kier molecular flexibility index (Phi) is 3.57. The van der Waals surface area contributed by atoms with Gasteiger partial charge in [-0.15, -0.1) is 0 Å². The molecule has 0 aliphatic rings. The van der Waals surface area contributed by atoms with E-state index in [9.17, 15) is 4.79 Å². The summed E-state index contributed by atoms with van der Waals surface area (Å²) in [6.07, 6.45) is 0. The number of nitrogens with one attached hydrogen (secondary N) is 1. The summed E-state index contributed by atoms with van der Waals surface area (Å²) >= 11 is 7.29. The number of carbonyl (C=O) groups excluding carboxylic acids is 1. The van der Waals surface area contributed by atoms with E-state index in [1.807, 2.05) is 18.2 Å². The molecule has 0 unspecified atom stereocenters. The van der Waals surface area contributed by atoms with Gasteiger partial charge in [0.05, 0.1) is 21.8 Å². The van der Waals surface area contributed by atoms with Crippen LogP contribution >= 0.6 is 22.9 Å². The number of thiazole rings is 1. The molecule has 0 saturated carbocycles. The van der Waals surface area contributed by atoms with Crippen molar-refractivity contribution in [3.05, 3.63) is 58.6 Å². The standard InChI is InChI=1S/C15H8ClN3OS/c16-11-5-6-12-13(7-11)21-15(18-12)19-14(20)10-3-1-9(8-17)2-4-10/h1-7H,(H,18,19,20). The number of fused-ring (bicyclic) bond motifs is 1. The van der Waals surface area contributed by atoms with Crippen molar-refractivity contribution >= 4 is 44.2 Å². The van der Waals surface area contributed by atoms with E-state index >= 15 is 0 Å². The molecule has 1 aromatic heterocycles. The Labute approximate surface area is 129 Å². The average molecular weight is 314 g/mol. The largest absolute Gasteiger partial charge is 0.298 e. The minimum atomic E-state index is -0.260. The minimum Gasteiger partial charge on any atom is -0.298 e. The molecule has 0 saturated heterocycles. The average Bonchev–Trinajstić information content (AvgIpc) is 2.88. The first-order chi connectivity index (χ1) is 10.2. The van der Waals surface area contributed by atoms with E-state index in [2.05, 4.69) is 10.3 Å². The van der Waals surface area contributed by atoms with Crippen LogP contribution in [0.1, 0.15) is 15.9 Å². The zero-order valence-electron chi connectivity index (χ0n) is 10.6. The molecule has 0 aliphatic carbocycles. The van der Waals surface area contributed by atoms with Gasteiger partial charge in [0.25, 0.3) is 5.91 Å². The van der Waals surface area contributed by atoms with Crippen molar-refractivity contribution in [2.75, 3.05) is 5.32 Å². The molecule has 0 bridgehead atoms. The highest BCUT2D eigenvalue weighted by Crippen LogP contribution is 2.28. The van der Waals surface area contributed by atoms with Crippen LogP contribution in [0.15, 0.2) is 42.5 Å². The SMILES string of the molecule is N#Cc1ccc(C(=O)Nc2nc3ccc(Cl)cc3s2)cc1. The number of aromatic nitrogens is 1. The molecule has 6 heteroatoms. The first kappa shape index (κ1) is 13.6. The molecule has 2 aromatic carbocycles. The van der Waals surface area contributed by atoms with Crippen LogP contribution in [0.2, 0.25) is 5.02 Å². The molecule has 0 aliphatic heterocycles. The maximum absolute atomic E-state index is 12.1. The maximum Gasteiger partial charge on any atom is 0.257 e. The third-order valence-corrected chi connectivity index (χ3v) is 4.02. The number of hydrogen-bond acceptors (Lipinski definition) is 4. The van der Waals surface area contributed by atoms with Gasteiger partial charge in [-0.2, -0.15) is 5.26 Å². The number of amides is 1. The minimum absolute atomic E-state index is 0.260. The molecule has 3 rings (SSSR count). The normalized spacial score (nSPS) is 10.3. The van der Waals surface area contributed by atoms with Gasteiger partial charge in [0, 0.05) is 10.6 Å². The molecule has 4 nitrogen and oxygen atoms in total. The monoisotopic (exact) mass is 313 g/mol. The molecule has 0 atom stereocenters. The Morgan fingerprint density at radius 3 is 2.71 bits per heavy atom. The van der Waals surface area contributed by atoms with Crippen molar-refractivity contribution in [2.24, 2.45) is 0 Å². The lowest BCUT2D eigenvalue weighted by molar-refractivity contribution is 0.102. The number of nitrogens with zero attached hydrogens (tertiary/aromatic N) is 2. The highest BCUT2D eigenvalue weighted by molar-refractivity contribution is 7.22. The second-order valence-corrected chi connectivity index (χ2v) is 5.74. The van der Waals surface area contributed by atoms with E-state index in [0.29, 0.717) is 21.3 Å². The van der Waals surface area contributed by atoms with Crippen LogP contribution in [0.5, 0.6) is 0 Å². The van der Waals surface area contributed by atoms with Gasteiger partial charge in [0.15, 0.2) is 5.13 Å². The predicted molar refractivity (Wildman–Crippen MR) is 83.7 cm³/mol. The quantitative estimate of drug-likeness (QED) is 0.775. The third-order valence-electron chi connectivity index (χ3n) is 2.85. The lowest BCUT2D eigenvalue weighted by atomic mass is 10.1. The molecule has 1 heterocycles. The second-order valence-electron chi connectivity index (χ2n) is 4.27. The van der Waals surface area contributed by atoms with E-state index in [1.54, 1.807) is 30.3 Å². The van der Waals surface area contributed by atoms with Crippen LogP contribution in [-0.2, 0) is 0 Å². The van der Waals surface area contributed by atoms with Crippen molar-refractivity contribution in [3.63, 3.8) is 0 Å². The lowest BCUT2D eigenvalue weighted by Gasteiger charge is -2.01. The second kappa shape index (κ2) is 5.52. The van der Waals surface area contributed by atoms with Crippen molar-refractivity contribution in [3.8, 4) is 6.07 Å². The van der Waals surface area contributed by atoms with Crippen LogP contribution in [0, 0.1) is 11.3 Å². The van der Waals surface area contributed by atoms with Crippen LogP contribution < -0.4 is 5.32 Å². The molecule has 0 radical (unpaired) electrons. The maximum atomic E-state index is 12.1. The van der Waals surface area contributed by atoms with Gasteiger partial charge in [-0.25, -0.2) is 4.98 Å². The number of rotatable bonds is 2. The molecule has 1 amide bonds. The Hall–Kier alpha value is -2.42. The Morgan fingerprint density at radius 2 is 2.00 bits per heavy atom. The van der Waals surface area contributed by atoms with Crippen LogP contribution in [0.25, 0.3) is 10.2 Å². The van der Waals surface area contributed by atoms with Gasteiger partial charge >= 0.3 is 0 Å². The van der Waals surface area contributed by atoms with Crippen molar-refractivity contribution in [1.82, 2.24) is 4.98 Å². The molecular formula is C15H8ClN3OS. The number of halogens is 1. The van der Waals surface area contributed by atoms with Crippen molar-refractivity contribution in [2.45, 2.75) is 0 Å². The Bertz CT molecular complexity index is 865. The summed E-state index contributed by atoms with van der Waals surface area (Å²) in [6.45, 7) is 0. The molecular weight excluding hydrogens is 306 g/mol. The van der Waals surface area contributed by atoms with E-state index in [0.717, 1.165) is 10.2 Å². The van der Waals surface area contributed by atoms with Gasteiger partial charge < -0.3 is 0 Å².